The minimum Gasteiger partial charge on any atom is -0.482 e. The van der Waals surface area contributed by atoms with E-state index in [0.717, 1.165) is 0 Å². The van der Waals surface area contributed by atoms with Crippen LogP contribution < -0.4 is 10.1 Å². The van der Waals surface area contributed by atoms with Crippen molar-refractivity contribution in [1.29, 1.82) is 0 Å². The van der Waals surface area contributed by atoms with Crippen molar-refractivity contribution in [1.82, 2.24) is 5.32 Å². The Bertz CT molecular complexity index is 542. The van der Waals surface area contributed by atoms with E-state index in [9.17, 15) is 14.9 Å². The van der Waals surface area contributed by atoms with E-state index in [1.807, 2.05) is 0 Å². The molecule has 0 saturated carbocycles. The maximum atomic E-state index is 11.4. The smallest absolute Gasteiger partial charge is 0.323 e. The lowest BCUT2D eigenvalue weighted by Crippen LogP contribution is -2.31. The van der Waals surface area contributed by atoms with Gasteiger partial charge in [-0.25, -0.2) is 0 Å². The lowest BCUT2D eigenvalue weighted by molar-refractivity contribution is -0.386. The molecule has 2 atom stereocenters. The standard InChI is InChI=1S/C12H13BrN2O5.ClH/c1-19-12(16)9-5-8(6-14-9)20-11-3-2-7(13)4-10(11)15(17)18;/h2-4,8-9,14H,5-6H2,1H3;1H/t8-,9-;/m0./s1. The van der Waals surface area contributed by atoms with Gasteiger partial charge in [0.05, 0.1) is 12.0 Å². The molecule has 0 aliphatic carbocycles. The van der Waals surface area contributed by atoms with E-state index in [-0.39, 0.29) is 35.9 Å². The van der Waals surface area contributed by atoms with Crippen molar-refractivity contribution in [2.75, 3.05) is 13.7 Å². The van der Waals surface area contributed by atoms with E-state index < -0.39 is 11.0 Å². The SMILES string of the molecule is COC(=O)[C@@H]1C[C@H](Oc2ccc(Br)cc2[N+](=O)[O-])CN1.Cl. The molecule has 2 rings (SSSR count). The fourth-order valence-corrected chi connectivity index (χ4v) is 2.38. The lowest BCUT2D eigenvalue weighted by Gasteiger charge is -2.13. The van der Waals surface area contributed by atoms with Gasteiger partial charge in [0.25, 0.3) is 0 Å². The number of benzene rings is 1. The van der Waals surface area contributed by atoms with Gasteiger partial charge in [-0.05, 0) is 12.1 Å². The van der Waals surface area contributed by atoms with Crippen molar-refractivity contribution >= 4 is 40.0 Å². The Morgan fingerprint density at radius 2 is 2.24 bits per heavy atom. The molecule has 0 amide bonds. The molecule has 1 aliphatic heterocycles. The molecule has 1 N–H and O–H groups in total. The lowest BCUT2D eigenvalue weighted by atomic mass is 10.2. The number of nitrogens with zero attached hydrogens (tertiary/aromatic N) is 1. The van der Waals surface area contributed by atoms with Crippen LogP contribution in [-0.2, 0) is 9.53 Å². The highest BCUT2D eigenvalue weighted by Crippen LogP contribution is 2.31. The predicted octanol–water partition coefficient (Wildman–Crippen LogP) is 2.06. The molecular weight excluding hydrogens is 367 g/mol. The second-order valence-electron chi connectivity index (χ2n) is 4.33. The molecule has 0 bridgehead atoms. The fourth-order valence-electron chi connectivity index (χ4n) is 2.03. The molecule has 7 nitrogen and oxygen atoms in total. The third-order valence-corrected chi connectivity index (χ3v) is 3.48. The Morgan fingerprint density at radius 3 is 2.86 bits per heavy atom. The Labute approximate surface area is 135 Å². The van der Waals surface area contributed by atoms with Crippen molar-refractivity contribution in [2.45, 2.75) is 18.6 Å². The number of halogens is 2. The highest BCUT2D eigenvalue weighted by atomic mass is 79.9. The summed E-state index contributed by atoms with van der Waals surface area (Å²) >= 11 is 3.18. The summed E-state index contributed by atoms with van der Waals surface area (Å²) in [6, 6.07) is 4.16. The van der Waals surface area contributed by atoms with Crippen LogP contribution in [0.15, 0.2) is 22.7 Å². The van der Waals surface area contributed by atoms with Gasteiger partial charge < -0.3 is 14.8 Å². The van der Waals surface area contributed by atoms with Crippen molar-refractivity contribution in [3.63, 3.8) is 0 Å². The maximum Gasteiger partial charge on any atom is 0.323 e. The van der Waals surface area contributed by atoms with Crippen LogP contribution in [0.2, 0.25) is 0 Å². The number of hydrogen-bond acceptors (Lipinski definition) is 6. The number of nitro groups is 1. The molecule has 1 aliphatic rings. The predicted molar refractivity (Wildman–Crippen MR) is 80.9 cm³/mol. The topological polar surface area (TPSA) is 90.7 Å². The summed E-state index contributed by atoms with van der Waals surface area (Å²) < 4.78 is 10.9. The second kappa shape index (κ2) is 7.58. The van der Waals surface area contributed by atoms with Crippen LogP contribution in [0, 0.1) is 10.1 Å². The van der Waals surface area contributed by atoms with Crippen LogP contribution in [-0.4, -0.2) is 36.7 Å². The van der Waals surface area contributed by atoms with E-state index in [1.165, 1.54) is 19.2 Å². The first-order chi connectivity index (χ1) is 9.51. The number of carbonyl (C=O) groups excluding carboxylic acids is 1. The summed E-state index contributed by atoms with van der Waals surface area (Å²) in [5, 5.41) is 13.9. The van der Waals surface area contributed by atoms with Crippen LogP contribution in [0.5, 0.6) is 5.75 Å². The average molecular weight is 382 g/mol. The van der Waals surface area contributed by atoms with Gasteiger partial charge in [0.1, 0.15) is 12.1 Å². The highest BCUT2D eigenvalue weighted by Gasteiger charge is 2.32. The summed E-state index contributed by atoms with van der Waals surface area (Å²) in [5.41, 5.74) is -0.110. The summed E-state index contributed by atoms with van der Waals surface area (Å²) in [4.78, 5) is 21.9. The number of carbonyl (C=O) groups is 1. The number of hydrogen-bond donors (Lipinski definition) is 1. The first kappa shape index (κ1) is 17.7. The van der Waals surface area contributed by atoms with Crippen LogP contribution in [0.1, 0.15) is 6.42 Å². The van der Waals surface area contributed by atoms with Gasteiger partial charge in [-0.1, -0.05) is 15.9 Å². The van der Waals surface area contributed by atoms with Gasteiger partial charge in [-0.15, -0.1) is 12.4 Å². The molecule has 0 unspecified atom stereocenters. The molecule has 0 radical (unpaired) electrons. The summed E-state index contributed by atoms with van der Waals surface area (Å²) in [5.74, 6) is -0.170. The molecule has 9 heteroatoms. The summed E-state index contributed by atoms with van der Waals surface area (Å²) in [6.07, 6.45) is 0.110. The molecule has 1 aromatic carbocycles. The van der Waals surface area contributed by atoms with Crippen LogP contribution in [0.3, 0.4) is 0 Å². The summed E-state index contributed by atoms with van der Waals surface area (Å²) in [6.45, 7) is 0.437. The first-order valence-electron chi connectivity index (χ1n) is 5.93. The first-order valence-corrected chi connectivity index (χ1v) is 6.72. The molecule has 1 aromatic rings. The Kier molecular flexibility index (Phi) is 6.38. The third-order valence-electron chi connectivity index (χ3n) is 2.99. The zero-order valence-electron chi connectivity index (χ0n) is 11.1. The number of rotatable bonds is 4. The van der Waals surface area contributed by atoms with E-state index in [1.54, 1.807) is 6.07 Å². The molecule has 0 aromatic heterocycles. The molecule has 1 fully saturated rings. The van der Waals surface area contributed by atoms with Crippen molar-refractivity contribution in [3.05, 3.63) is 32.8 Å². The highest BCUT2D eigenvalue weighted by molar-refractivity contribution is 9.10. The molecule has 0 spiro atoms. The van der Waals surface area contributed by atoms with E-state index in [4.69, 9.17) is 4.74 Å². The quantitative estimate of drug-likeness (QED) is 0.488. The van der Waals surface area contributed by atoms with Gasteiger partial charge in [0.2, 0.25) is 0 Å². The van der Waals surface area contributed by atoms with E-state index in [2.05, 4.69) is 26.0 Å². The van der Waals surface area contributed by atoms with Gasteiger partial charge in [-0.3, -0.25) is 14.9 Å². The van der Waals surface area contributed by atoms with Crippen LogP contribution in [0.4, 0.5) is 5.69 Å². The van der Waals surface area contributed by atoms with Gasteiger partial charge in [0.15, 0.2) is 5.75 Å². The number of esters is 1. The normalized spacial score (nSPS) is 20.5. The maximum absolute atomic E-state index is 11.4. The monoisotopic (exact) mass is 380 g/mol. The van der Waals surface area contributed by atoms with Gasteiger partial charge in [0, 0.05) is 23.5 Å². The fraction of sp³-hybridized carbons (Fsp3) is 0.417. The number of nitrogens with one attached hydrogen (secondary N) is 1. The minimum absolute atomic E-state index is 0. The van der Waals surface area contributed by atoms with Gasteiger partial charge in [-0.2, -0.15) is 0 Å². The average Bonchev–Trinajstić information content (AvgIpc) is 2.88. The number of nitro benzene ring substituents is 1. The van der Waals surface area contributed by atoms with Crippen molar-refractivity contribution in [2.24, 2.45) is 0 Å². The Hall–Kier alpha value is -1.38. The Balaban J connectivity index is 0.00000220. The third kappa shape index (κ3) is 4.29. The van der Waals surface area contributed by atoms with Crippen molar-refractivity contribution in [3.8, 4) is 5.75 Å². The Morgan fingerprint density at radius 1 is 1.52 bits per heavy atom. The van der Waals surface area contributed by atoms with E-state index >= 15 is 0 Å². The van der Waals surface area contributed by atoms with Gasteiger partial charge >= 0.3 is 11.7 Å². The zero-order chi connectivity index (χ0) is 14.7. The largest absolute Gasteiger partial charge is 0.482 e. The molecule has 1 heterocycles. The number of ether oxygens (including phenoxy) is 2. The van der Waals surface area contributed by atoms with Crippen LogP contribution >= 0.6 is 28.3 Å². The number of methoxy groups -OCH3 is 1. The van der Waals surface area contributed by atoms with E-state index in [0.29, 0.717) is 17.4 Å². The summed E-state index contributed by atoms with van der Waals surface area (Å²) in [7, 11) is 1.32. The zero-order valence-corrected chi connectivity index (χ0v) is 13.5. The minimum atomic E-state index is -0.500. The molecule has 1 saturated heterocycles. The molecule has 21 heavy (non-hydrogen) atoms. The van der Waals surface area contributed by atoms with Crippen molar-refractivity contribution < 1.29 is 19.2 Å². The van der Waals surface area contributed by atoms with Crippen LogP contribution in [0.25, 0.3) is 0 Å². The second-order valence-corrected chi connectivity index (χ2v) is 5.24. The molecule has 116 valence electrons. The molecular formula is C12H14BrClN2O5.